The molecule has 0 saturated heterocycles. The summed E-state index contributed by atoms with van der Waals surface area (Å²) in [6, 6.07) is 5.86. The highest BCUT2D eigenvalue weighted by molar-refractivity contribution is 6.30. The molecule has 102 valence electrons. The summed E-state index contributed by atoms with van der Waals surface area (Å²) < 4.78 is 0. The fourth-order valence-electron chi connectivity index (χ4n) is 2.86. The summed E-state index contributed by atoms with van der Waals surface area (Å²) in [5.41, 5.74) is 12.5. The Hall–Kier alpha value is -1.55. The minimum atomic E-state index is -0.257. The zero-order chi connectivity index (χ0) is 14.4. The minimum Gasteiger partial charge on any atom is -0.370 e. The molecule has 1 aliphatic rings. The van der Waals surface area contributed by atoms with Gasteiger partial charge in [0.05, 0.1) is 5.92 Å². The lowest BCUT2D eigenvalue weighted by Crippen LogP contribution is -2.25. The van der Waals surface area contributed by atoms with E-state index >= 15 is 0 Å². The number of nitrogens with two attached hydrogens (primary N) is 2. The van der Waals surface area contributed by atoms with E-state index in [2.05, 4.69) is 11.1 Å². The monoisotopic (exact) mass is 279 g/mol. The third kappa shape index (κ3) is 2.59. The highest BCUT2D eigenvalue weighted by Crippen LogP contribution is 2.65. The SMILES string of the molecule is Cc1cc(Cl)cc(C2C(C(=O)N=C(N)N)C2(C)C)c1. The topological polar surface area (TPSA) is 81.5 Å². The molecule has 1 aliphatic carbocycles. The van der Waals surface area contributed by atoms with Crippen LogP contribution in [0.1, 0.15) is 30.9 Å². The lowest BCUT2D eigenvalue weighted by Gasteiger charge is -2.05. The van der Waals surface area contributed by atoms with Crippen molar-refractivity contribution in [2.45, 2.75) is 26.7 Å². The largest absolute Gasteiger partial charge is 0.370 e. The number of rotatable bonds is 2. The number of carbonyl (C=O) groups excluding carboxylic acids is 1. The van der Waals surface area contributed by atoms with Gasteiger partial charge in [0.1, 0.15) is 0 Å². The van der Waals surface area contributed by atoms with Crippen LogP contribution >= 0.6 is 11.6 Å². The first-order valence-electron chi connectivity index (χ1n) is 6.14. The molecule has 1 fully saturated rings. The Bertz CT molecular complexity index is 542. The van der Waals surface area contributed by atoms with E-state index in [1.54, 1.807) is 0 Å². The Morgan fingerprint density at radius 3 is 2.47 bits per heavy atom. The maximum Gasteiger partial charge on any atom is 0.253 e. The molecule has 4 nitrogen and oxygen atoms in total. The molecule has 0 bridgehead atoms. The van der Waals surface area contributed by atoms with Crippen LogP contribution in [0.3, 0.4) is 0 Å². The van der Waals surface area contributed by atoms with Crippen molar-refractivity contribution in [3.63, 3.8) is 0 Å². The summed E-state index contributed by atoms with van der Waals surface area (Å²) in [7, 11) is 0. The number of halogens is 1. The van der Waals surface area contributed by atoms with Crippen LogP contribution in [0.15, 0.2) is 23.2 Å². The maximum atomic E-state index is 12.0. The number of hydrogen-bond donors (Lipinski definition) is 2. The van der Waals surface area contributed by atoms with Crippen LogP contribution < -0.4 is 11.5 Å². The highest BCUT2D eigenvalue weighted by Gasteiger charge is 2.62. The molecule has 1 aromatic rings. The van der Waals surface area contributed by atoms with E-state index in [1.807, 2.05) is 32.9 Å². The van der Waals surface area contributed by atoms with Gasteiger partial charge in [-0.2, -0.15) is 4.99 Å². The van der Waals surface area contributed by atoms with E-state index < -0.39 is 0 Å². The van der Waals surface area contributed by atoms with E-state index in [4.69, 9.17) is 23.1 Å². The van der Waals surface area contributed by atoms with Crippen LogP contribution in [0.25, 0.3) is 0 Å². The van der Waals surface area contributed by atoms with Gasteiger partial charge in [0.25, 0.3) is 5.91 Å². The van der Waals surface area contributed by atoms with Gasteiger partial charge in [-0.15, -0.1) is 0 Å². The first-order chi connectivity index (χ1) is 8.73. The second-order valence-corrected chi connectivity index (χ2v) is 6.15. The van der Waals surface area contributed by atoms with E-state index in [0.717, 1.165) is 11.1 Å². The van der Waals surface area contributed by atoms with Crippen molar-refractivity contribution in [3.8, 4) is 0 Å². The van der Waals surface area contributed by atoms with Gasteiger partial charge in [-0.25, -0.2) is 0 Å². The fourth-order valence-corrected chi connectivity index (χ4v) is 3.16. The highest BCUT2D eigenvalue weighted by atomic mass is 35.5. The van der Waals surface area contributed by atoms with Crippen LogP contribution in [0.4, 0.5) is 0 Å². The molecule has 2 atom stereocenters. The van der Waals surface area contributed by atoms with Gasteiger partial charge in [0, 0.05) is 10.9 Å². The number of aliphatic imine (C=N–C) groups is 1. The lowest BCUT2D eigenvalue weighted by molar-refractivity contribution is -0.119. The number of amides is 1. The van der Waals surface area contributed by atoms with Crippen LogP contribution in [-0.4, -0.2) is 11.9 Å². The zero-order valence-corrected chi connectivity index (χ0v) is 12.0. The third-order valence-electron chi connectivity index (χ3n) is 3.76. The molecule has 4 N–H and O–H groups in total. The van der Waals surface area contributed by atoms with Gasteiger partial charge in [0.2, 0.25) is 0 Å². The Labute approximate surface area is 117 Å². The molecule has 5 heteroatoms. The van der Waals surface area contributed by atoms with Crippen LogP contribution in [-0.2, 0) is 4.79 Å². The normalized spacial score (nSPS) is 23.8. The van der Waals surface area contributed by atoms with Crippen LogP contribution in [0.5, 0.6) is 0 Å². The second kappa shape index (κ2) is 4.53. The number of guanidine groups is 1. The molecular weight excluding hydrogens is 262 g/mol. The Morgan fingerprint density at radius 1 is 1.32 bits per heavy atom. The molecule has 1 aromatic carbocycles. The quantitative estimate of drug-likeness (QED) is 0.643. The number of nitrogens with zero attached hydrogens (tertiary/aromatic N) is 1. The van der Waals surface area contributed by atoms with E-state index in [0.29, 0.717) is 5.02 Å². The van der Waals surface area contributed by atoms with Crippen LogP contribution in [0, 0.1) is 18.3 Å². The van der Waals surface area contributed by atoms with Crippen molar-refractivity contribution in [1.82, 2.24) is 0 Å². The van der Waals surface area contributed by atoms with E-state index in [-0.39, 0.29) is 29.1 Å². The molecular formula is C14H18ClN3O. The van der Waals surface area contributed by atoms with Gasteiger partial charge < -0.3 is 11.5 Å². The second-order valence-electron chi connectivity index (χ2n) is 5.71. The molecule has 1 saturated carbocycles. The zero-order valence-electron chi connectivity index (χ0n) is 11.3. The summed E-state index contributed by atoms with van der Waals surface area (Å²) in [6.45, 7) is 6.06. The van der Waals surface area contributed by atoms with E-state index in [1.165, 1.54) is 0 Å². The van der Waals surface area contributed by atoms with Crippen molar-refractivity contribution in [2.75, 3.05) is 0 Å². The van der Waals surface area contributed by atoms with Crippen molar-refractivity contribution in [2.24, 2.45) is 27.8 Å². The maximum absolute atomic E-state index is 12.0. The molecule has 0 aliphatic heterocycles. The average Bonchev–Trinajstić information content (AvgIpc) is 2.79. The smallest absolute Gasteiger partial charge is 0.253 e. The summed E-state index contributed by atoms with van der Waals surface area (Å²) in [4.78, 5) is 15.7. The molecule has 1 amide bonds. The van der Waals surface area contributed by atoms with Gasteiger partial charge in [0.15, 0.2) is 5.96 Å². The van der Waals surface area contributed by atoms with Gasteiger partial charge >= 0.3 is 0 Å². The Balaban J connectivity index is 2.31. The number of aryl methyl sites for hydroxylation is 1. The molecule has 2 unspecified atom stereocenters. The first kappa shape index (κ1) is 13.9. The molecule has 0 spiro atoms. The number of benzene rings is 1. The third-order valence-corrected chi connectivity index (χ3v) is 3.97. The fraction of sp³-hybridized carbons (Fsp3) is 0.429. The first-order valence-corrected chi connectivity index (χ1v) is 6.52. The van der Waals surface area contributed by atoms with Gasteiger partial charge in [-0.05, 0) is 35.6 Å². The van der Waals surface area contributed by atoms with Crippen molar-refractivity contribution < 1.29 is 4.79 Å². The Morgan fingerprint density at radius 2 is 1.95 bits per heavy atom. The molecule has 19 heavy (non-hydrogen) atoms. The predicted molar refractivity (Wildman–Crippen MR) is 77.0 cm³/mol. The predicted octanol–water partition coefficient (Wildman–Crippen LogP) is 2.19. The Kier molecular flexibility index (Phi) is 3.31. The van der Waals surface area contributed by atoms with Crippen molar-refractivity contribution in [1.29, 1.82) is 0 Å². The average molecular weight is 280 g/mol. The summed E-state index contributed by atoms with van der Waals surface area (Å²) in [5, 5.41) is 0.686. The van der Waals surface area contributed by atoms with Crippen LogP contribution in [0.2, 0.25) is 5.02 Å². The van der Waals surface area contributed by atoms with Crippen molar-refractivity contribution >= 4 is 23.5 Å². The standard InChI is InChI=1S/C14H18ClN3O/c1-7-4-8(6-9(15)5-7)10-11(14(10,2)3)12(19)18-13(16)17/h4-6,10-11H,1-3H3,(H4,16,17,18,19). The van der Waals surface area contributed by atoms with Gasteiger partial charge in [-0.1, -0.05) is 31.5 Å². The summed E-state index contributed by atoms with van der Waals surface area (Å²) in [5.74, 6) is -0.519. The number of carbonyl (C=O) groups is 1. The van der Waals surface area contributed by atoms with Gasteiger partial charge in [-0.3, -0.25) is 4.79 Å². The van der Waals surface area contributed by atoms with Crippen molar-refractivity contribution in [3.05, 3.63) is 34.3 Å². The molecule has 0 heterocycles. The molecule has 2 rings (SSSR count). The summed E-state index contributed by atoms with van der Waals surface area (Å²) >= 11 is 6.07. The molecule has 0 aromatic heterocycles. The summed E-state index contributed by atoms with van der Waals surface area (Å²) in [6.07, 6.45) is 0. The minimum absolute atomic E-state index is 0.112. The lowest BCUT2D eigenvalue weighted by atomic mass is 10.0. The number of hydrogen-bond acceptors (Lipinski definition) is 1. The molecule has 0 radical (unpaired) electrons. The van der Waals surface area contributed by atoms with E-state index in [9.17, 15) is 4.79 Å².